The first-order valence-corrected chi connectivity index (χ1v) is 4.50. The molecule has 0 N–H and O–H groups in total. The summed E-state index contributed by atoms with van der Waals surface area (Å²) in [5.41, 5.74) is 0. The summed E-state index contributed by atoms with van der Waals surface area (Å²) in [5, 5.41) is -1.39. The zero-order chi connectivity index (χ0) is 7.28. The van der Waals surface area contributed by atoms with Crippen molar-refractivity contribution in [2.24, 2.45) is 0 Å². The second-order valence-corrected chi connectivity index (χ2v) is 3.57. The highest BCUT2D eigenvalue weighted by molar-refractivity contribution is 8.78. The molecule has 0 fully saturated rings. The van der Waals surface area contributed by atoms with Crippen LogP contribution in [-0.4, -0.2) is 5.75 Å². The van der Waals surface area contributed by atoms with Gasteiger partial charge >= 0.3 is 6.08 Å². The van der Waals surface area contributed by atoms with Gasteiger partial charge in [0, 0.05) is 5.75 Å². The molecule has 0 radical (unpaired) electrons. The highest BCUT2D eigenvalue weighted by Gasteiger charge is 2.03. The monoisotopic (exact) mass is 174 g/mol. The summed E-state index contributed by atoms with van der Waals surface area (Å²) in [7, 11) is 1.51. The lowest BCUT2D eigenvalue weighted by atomic mass is 11.0. The lowest BCUT2D eigenvalue weighted by Gasteiger charge is -1.89. The van der Waals surface area contributed by atoms with Crippen LogP contribution < -0.4 is 0 Å². The molecule has 0 aromatic heterocycles. The lowest BCUT2D eigenvalue weighted by molar-refractivity contribution is 0.395. The van der Waals surface area contributed by atoms with Crippen LogP contribution in [0.2, 0.25) is 0 Å². The molecule has 0 aromatic carbocycles. The third-order valence-corrected chi connectivity index (χ3v) is 2.55. The van der Waals surface area contributed by atoms with Gasteiger partial charge in [0.15, 0.2) is 0 Å². The molecular formula is C4H5F3S2. The summed E-state index contributed by atoms with van der Waals surface area (Å²) in [4.78, 5) is 0. The van der Waals surface area contributed by atoms with Gasteiger partial charge in [-0.3, -0.25) is 0 Å². The van der Waals surface area contributed by atoms with Crippen molar-refractivity contribution in [3.05, 3.63) is 11.2 Å². The lowest BCUT2D eigenvalue weighted by Crippen LogP contribution is -1.64. The molecule has 0 nitrogen and oxygen atoms in total. The Morgan fingerprint density at radius 1 is 1.33 bits per heavy atom. The van der Waals surface area contributed by atoms with E-state index in [0.29, 0.717) is 16.5 Å². The second kappa shape index (κ2) is 5.05. The van der Waals surface area contributed by atoms with Gasteiger partial charge in [0.05, 0.1) is 0 Å². The van der Waals surface area contributed by atoms with Crippen molar-refractivity contribution < 1.29 is 13.2 Å². The summed E-state index contributed by atoms with van der Waals surface area (Å²) in [6.45, 7) is 1.76. The molecule has 9 heavy (non-hydrogen) atoms. The van der Waals surface area contributed by atoms with Crippen LogP contribution in [0.4, 0.5) is 13.2 Å². The maximum absolute atomic E-state index is 11.8. The number of rotatable bonds is 3. The number of hydrogen-bond donors (Lipinski definition) is 0. The summed E-state index contributed by atoms with van der Waals surface area (Å²) in [6, 6.07) is 0. The Balaban J connectivity index is 3.50. The standard InChI is InChI=1S/C4H5F3S2/c1-2-8-9-4(7)3(5)6/h2H2,1H3. The van der Waals surface area contributed by atoms with E-state index in [-0.39, 0.29) is 0 Å². The Bertz CT molecular complexity index is 108. The molecule has 5 heteroatoms. The normalized spacial score (nSPS) is 9.33. The molecule has 0 spiro atoms. The molecule has 0 aliphatic heterocycles. The van der Waals surface area contributed by atoms with Crippen LogP contribution in [0.5, 0.6) is 0 Å². The van der Waals surface area contributed by atoms with Crippen molar-refractivity contribution in [1.82, 2.24) is 0 Å². The summed E-state index contributed by atoms with van der Waals surface area (Å²) in [5.74, 6) is 0.616. The van der Waals surface area contributed by atoms with Crippen molar-refractivity contribution in [1.29, 1.82) is 0 Å². The topological polar surface area (TPSA) is 0 Å². The minimum absolute atomic E-state index is 0.464. The summed E-state index contributed by atoms with van der Waals surface area (Å²) < 4.78 is 34.2. The van der Waals surface area contributed by atoms with Gasteiger partial charge in [-0.05, 0) is 10.8 Å². The molecule has 0 atom stereocenters. The Morgan fingerprint density at radius 3 is 2.22 bits per heavy atom. The van der Waals surface area contributed by atoms with Crippen molar-refractivity contribution in [2.45, 2.75) is 6.92 Å². The van der Waals surface area contributed by atoms with E-state index in [0.717, 1.165) is 10.8 Å². The Hall–Kier alpha value is 0.230. The van der Waals surface area contributed by atoms with Crippen LogP contribution in [0.1, 0.15) is 6.92 Å². The van der Waals surface area contributed by atoms with Gasteiger partial charge in [-0.25, -0.2) is 0 Å². The van der Waals surface area contributed by atoms with Gasteiger partial charge in [-0.2, -0.15) is 13.2 Å². The van der Waals surface area contributed by atoms with Gasteiger partial charge in [-0.15, -0.1) is 0 Å². The zero-order valence-electron chi connectivity index (χ0n) is 4.66. The quantitative estimate of drug-likeness (QED) is 0.601. The molecule has 0 saturated carbocycles. The van der Waals surface area contributed by atoms with Crippen LogP contribution in [0.3, 0.4) is 0 Å². The highest BCUT2D eigenvalue weighted by Crippen LogP contribution is 2.33. The van der Waals surface area contributed by atoms with E-state index in [4.69, 9.17) is 0 Å². The molecule has 0 bridgehead atoms. The number of halogens is 3. The maximum atomic E-state index is 11.8. The summed E-state index contributed by atoms with van der Waals surface area (Å²) >= 11 is 0. The average Bonchev–Trinajstić information content (AvgIpc) is 1.82. The number of hydrogen-bond acceptors (Lipinski definition) is 2. The van der Waals surface area contributed by atoms with Crippen LogP contribution >= 0.6 is 21.6 Å². The molecule has 0 saturated heterocycles. The van der Waals surface area contributed by atoms with E-state index in [1.54, 1.807) is 6.92 Å². The van der Waals surface area contributed by atoms with Gasteiger partial charge in [0.25, 0.3) is 0 Å². The highest BCUT2D eigenvalue weighted by atomic mass is 33.1. The van der Waals surface area contributed by atoms with Gasteiger partial charge in [-0.1, -0.05) is 17.7 Å². The first kappa shape index (κ1) is 9.23. The third kappa shape index (κ3) is 4.72. The molecular weight excluding hydrogens is 169 g/mol. The SMILES string of the molecule is CCSSC(F)=C(F)F. The Morgan fingerprint density at radius 2 is 1.89 bits per heavy atom. The van der Waals surface area contributed by atoms with Crippen LogP contribution in [-0.2, 0) is 0 Å². The molecule has 0 heterocycles. The largest absolute Gasteiger partial charge is 0.313 e. The molecule has 0 unspecified atom stereocenters. The maximum Gasteiger partial charge on any atom is 0.313 e. The minimum atomic E-state index is -2.24. The van der Waals surface area contributed by atoms with E-state index < -0.39 is 11.2 Å². The van der Waals surface area contributed by atoms with Gasteiger partial charge in [0.1, 0.15) is 0 Å². The Kier molecular flexibility index (Phi) is 5.18. The van der Waals surface area contributed by atoms with E-state index >= 15 is 0 Å². The molecule has 0 amide bonds. The van der Waals surface area contributed by atoms with Crippen molar-refractivity contribution >= 4 is 21.6 Å². The van der Waals surface area contributed by atoms with E-state index in [9.17, 15) is 13.2 Å². The summed E-state index contributed by atoms with van der Waals surface area (Å²) in [6.07, 6.45) is -2.24. The molecule has 0 aliphatic rings. The Labute approximate surface area is 59.3 Å². The fourth-order valence-electron chi connectivity index (χ4n) is 0.142. The van der Waals surface area contributed by atoms with Crippen LogP contribution in [0.25, 0.3) is 0 Å². The minimum Gasteiger partial charge on any atom is -0.192 e. The van der Waals surface area contributed by atoms with Crippen LogP contribution in [0, 0.1) is 0 Å². The van der Waals surface area contributed by atoms with E-state index in [2.05, 4.69) is 0 Å². The predicted octanol–water partition coefficient (Wildman–Crippen LogP) is 3.42. The van der Waals surface area contributed by atoms with Crippen molar-refractivity contribution in [3.8, 4) is 0 Å². The van der Waals surface area contributed by atoms with Crippen molar-refractivity contribution in [2.75, 3.05) is 5.75 Å². The fourth-order valence-corrected chi connectivity index (χ4v) is 1.28. The van der Waals surface area contributed by atoms with E-state index in [1.807, 2.05) is 0 Å². The van der Waals surface area contributed by atoms with Crippen LogP contribution in [0.15, 0.2) is 11.2 Å². The molecule has 0 aromatic rings. The second-order valence-electron chi connectivity index (χ2n) is 1.02. The molecule has 0 aliphatic carbocycles. The first-order valence-electron chi connectivity index (χ1n) is 2.18. The fraction of sp³-hybridized carbons (Fsp3) is 0.500. The first-order chi connectivity index (χ1) is 4.18. The predicted molar refractivity (Wildman–Crippen MR) is 36.1 cm³/mol. The zero-order valence-corrected chi connectivity index (χ0v) is 6.29. The van der Waals surface area contributed by atoms with Gasteiger partial charge in [0.2, 0.25) is 5.16 Å². The molecule has 54 valence electrons. The smallest absolute Gasteiger partial charge is 0.192 e. The molecule has 0 rings (SSSR count). The average molecular weight is 174 g/mol. The van der Waals surface area contributed by atoms with E-state index in [1.165, 1.54) is 0 Å². The van der Waals surface area contributed by atoms with Gasteiger partial charge < -0.3 is 0 Å². The third-order valence-electron chi connectivity index (χ3n) is 0.399. The van der Waals surface area contributed by atoms with Crippen molar-refractivity contribution in [3.63, 3.8) is 0 Å².